The van der Waals surface area contributed by atoms with E-state index in [0.29, 0.717) is 6.42 Å². The molecule has 1 aromatic carbocycles. The minimum atomic E-state index is 0.188. The van der Waals surface area contributed by atoms with Crippen LogP contribution in [0.4, 0.5) is 0 Å². The number of carbonyl (C=O) groups is 1. The largest absolute Gasteiger partial charge is 0.496 e. The van der Waals surface area contributed by atoms with Crippen LogP contribution in [0.1, 0.15) is 30.4 Å². The van der Waals surface area contributed by atoms with Gasteiger partial charge >= 0.3 is 0 Å². The van der Waals surface area contributed by atoms with Crippen LogP contribution in [0.25, 0.3) is 0 Å². The topological polar surface area (TPSA) is 38.8 Å². The Hall–Kier alpha value is -1.71. The molecule has 4 heteroatoms. The van der Waals surface area contributed by atoms with Crippen molar-refractivity contribution in [3.8, 4) is 11.5 Å². The zero-order chi connectivity index (χ0) is 14.5. The summed E-state index contributed by atoms with van der Waals surface area (Å²) in [6.45, 7) is 3.72. The van der Waals surface area contributed by atoms with Crippen LogP contribution in [0, 0.1) is 6.92 Å². The summed E-state index contributed by atoms with van der Waals surface area (Å²) in [7, 11) is 3.27. The molecule has 1 amide bonds. The lowest BCUT2D eigenvalue weighted by atomic mass is 10.0. The number of likely N-dealkylation sites (tertiary alicyclic amines) is 1. The third kappa shape index (κ3) is 3.06. The minimum absolute atomic E-state index is 0.188. The first kappa shape index (κ1) is 14.7. The van der Waals surface area contributed by atoms with Gasteiger partial charge in [0.15, 0.2) is 0 Å². The first-order valence-corrected chi connectivity index (χ1v) is 7.15. The minimum Gasteiger partial charge on any atom is -0.496 e. The average Bonchev–Trinajstić information content (AvgIpc) is 2.48. The molecule has 110 valence electrons. The molecule has 0 aliphatic carbocycles. The summed E-state index contributed by atoms with van der Waals surface area (Å²) in [5, 5.41) is 0. The monoisotopic (exact) mass is 277 g/mol. The molecule has 0 radical (unpaired) electrons. The van der Waals surface area contributed by atoms with Gasteiger partial charge in [-0.3, -0.25) is 4.79 Å². The van der Waals surface area contributed by atoms with E-state index in [9.17, 15) is 4.79 Å². The second-order valence-electron chi connectivity index (χ2n) is 5.20. The van der Waals surface area contributed by atoms with E-state index in [0.717, 1.165) is 48.6 Å². The van der Waals surface area contributed by atoms with Crippen molar-refractivity contribution in [2.45, 2.75) is 32.6 Å². The highest BCUT2D eigenvalue weighted by Gasteiger charge is 2.19. The maximum absolute atomic E-state index is 12.3. The number of ether oxygens (including phenoxy) is 2. The third-order valence-electron chi connectivity index (χ3n) is 3.91. The standard InChI is InChI=1S/C16H23NO3/c1-12-14(19-2)8-7-13(16(12)20-3)11-15(18)17-9-5-4-6-10-17/h7-8H,4-6,9-11H2,1-3H3. The number of piperidine rings is 1. The summed E-state index contributed by atoms with van der Waals surface area (Å²) in [6.07, 6.45) is 3.86. The second kappa shape index (κ2) is 6.64. The van der Waals surface area contributed by atoms with E-state index in [1.807, 2.05) is 24.0 Å². The number of hydrogen-bond acceptors (Lipinski definition) is 3. The van der Waals surface area contributed by atoms with Crippen LogP contribution in [0.5, 0.6) is 11.5 Å². The number of hydrogen-bond donors (Lipinski definition) is 0. The Morgan fingerprint density at radius 3 is 2.45 bits per heavy atom. The van der Waals surface area contributed by atoms with Gasteiger partial charge in [0.05, 0.1) is 20.6 Å². The molecular weight excluding hydrogens is 254 g/mol. The SMILES string of the molecule is COc1ccc(CC(=O)N2CCCCC2)c(OC)c1C. The Kier molecular flexibility index (Phi) is 4.88. The molecule has 4 nitrogen and oxygen atoms in total. The van der Waals surface area contributed by atoms with Gasteiger partial charge in [0.2, 0.25) is 5.91 Å². The van der Waals surface area contributed by atoms with Crippen molar-refractivity contribution < 1.29 is 14.3 Å². The summed E-state index contributed by atoms with van der Waals surface area (Å²) >= 11 is 0. The van der Waals surface area contributed by atoms with Crippen LogP contribution in [0.3, 0.4) is 0 Å². The zero-order valence-electron chi connectivity index (χ0n) is 12.6. The number of carbonyl (C=O) groups excluding carboxylic acids is 1. The van der Waals surface area contributed by atoms with Crippen molar-refractivity contribution >= 4 is 5.91 Å². The van der Waals surface area contributed by atoms with E-state index < -0.39 is 0 Å². The summed E-state index contributed by atoms with van der Waals surface area (Å²) in [5.41, 5.74) is 1.88. The second-order valence-corrected chi connectivity index (χ2v) is 5.20. The van der Waals surface area contributed by atoms with Crippen LogP contribution in [-0.4, -0.2) is 38.1 Å². The molecular formula is C16H23NO3. The number of amides is 1. The summed E-state index contributed by atoms with van der Waals surface area (Å²) in [4.78, 5) is 14.3. The molecule has 1 aliphatic heterocycles. The summed E-state index contributed by atoms with van der Waals surface area (Å²) < 4.78 is 10.7. The van der Waals surface area contributed by atoms with E-state index >= 15 is 0 Å². The molecule has 0 bridgehead atoms. The van der Waals surface area contributed by atoms with E-state index in [4.69, 9.17) is 9.47 Å². The molecule has 0 saturated carbocycles. The molecule has 2 rings (SSSR count). The van der Waals surface area contributed by atoms with Crippen molar-refractivity contribution in [1.82, 2.24) is 4.90 Å². The molecule has 1 aromatic rings. The van der Waals surface area contributed by atoms with Gasteiger partial charge in [0.1, 0.15) is 11.5 Å². The van der Waals surface area contributed by atoms with Crippen molar-refractivity contribution in [3.05, 3.63) is 23.3 Å². The normalized spacial score (nSPS) is 15.1. The smallest absolute Gasteiger partial charge is 0.227 e. The highest BCUT2D eigenvalue weighted by Crippen LogP contribution is 2.31. The number of rotatable bonds is 4. The van der Waals surface area contributed by atoms with Gasteiger partial charge in [-0.25, -0.2) is 0 Å². The fourth-order valence-corrected chi connectivity index (χ4v) is 2.79. The Morgan fingerprint density at radius 2 is 1.85 bits per heavy atom. The first-order chi connectivity index (χ1) is 9.67. The molecule has 0 spiro atoms. The van der Waals surface area contributed by atoms with E-state index in [1.165, 1.54) is 6.42 Å². The maximum atomic E-state index is 12.3. The van der Waals surface area contributed by atoms with Crippen LogP contribution in [0.2, 0.25) is 0 Å². The lowest BCUT2D eigenvalue weighted by molar-refractivity contribution is -0.131. The van der Waals surface area contributed by atoms with Crippen LogP contribution in [-0.2, 0) is 11.2 Å². The Bertz CT molecular complexity index is 479. The summed E-state index contributed by atoms with van der Waals surface area (Å²) in [6, 6.07) is 3.82. The highest BCUT2D eigenvalue weighted by molar-refractivity contribution is 5.80. The van der Waals surface area contributed by atoms with Gasteiger partial charge in [-0.2, -0.15) is 0 Å². The zero-order valence-corrected chi connectivity index (χ0v) is 12.6. The van der Waals surface area contributed by atoms with Gasteiger partial charge in [-0.05, 0) is 32.3 Å². The number of nitrogens with zero attached hydrogens (tertiary/aromatic N) is 1. The Morgan fingerprint density at radius 1 is 1.15 bits per heavy atom. The van der Waals surface area contributed by atoms with Crippen molar-refractivity contribution in [3.63, 3.8) is 0 Å². The van der Waals surface area contributed by atoms with Crippen LogP contribution < -0.4 is 9.47 Å². The van der Waals surface area contributed by atoms with Gasteiger partial charge in [-0.1, -0.05) is 6.07 Å². The lowest BCUT2D eigenvalue weighted by Crippen LogP contribution is -2.36. The van der Waals surface area contributed by atoms with E-state index in [-0.39, 0.29) is 5.91 Å². The Labute approximate surface area is 120 Å². The van der Waals surface area contributed by atoms with Gasteiger partial charge in [0.25, 0.3) is 0 Å². The molecule has 20 heavy (non-hydrogen) atoms. The average molecular weight is 277 g/mol. The number of benzene rings is 1. The number of methoxy groups -OCH3 is 2. The quantitative estimate of drug-likeness (QED) is 0.849. The molecule has 0 atom stereocenters. The van der Waals surface area contributed by atoms with Gasteiger partial charge < -0.3 is 14.4 Å². The van der Waals surface area contributed by atoms with Crippen LogP contribution >= 0.6 is 0 Å². The van der Waals surface area contributed by atoms with Crippen molar-refractivity contribution in [1.29, 1.82) is 0 Å². The molecule has 0 aromatic heterocycles. The van der Waals surface area contributed by atoms with E-state index in [1.54, 1.807) is 14.2 Å². The van der Waals surface area contributed by atoms with Gasteiger partial charge in [-0.15, -0.1) is 0 Å². The molecule has 0 unspecified atom stereocenters. The lowest BCUT2D eigenvalue weighted by Gasteiger charge is -2.27. The molecule has 0 N–H and O–H groups in total. The molecule has 1 aliphatic rings. The van der Waals surface area contributed by atoms with E-state index in [2.05, 4.69) is 0 Å². The molecule has 1 fully saturated rings. The Balaban J connectivity index is 2.16. The third-order valence-corrected chi connectivity index (χ3v) is 3.91. The predicted octanol–water partition coefficient (Wildman–Crippen LogP) is 2.57. The predicted molar refractivity (Wildman–Crippen MR) is 78.4 cm³/mol. The van der Waals surface area contributed by atoms with Crippen molar-refractivity contribution in [2.75, 3.05) is 27.3 Å². The highest BCUT2D eigenvalue weighted by atomic mass is 16.5. The fourth-order valence-electron chi connectivity index (χ4n) is 2.79. The molecule has 1 heterocycles. The summed E-state index contributed by atoms with van der Waals surface area (Å²) in [5.74, 6) is 1.73. The maximum Gasteiger partial charge on any atom is 0.227 e. The van der Waals surface area contributed by atoms with Crippen LogP contribution in [0.15, 0.2) is 12.1 Å². The van der Waals surface area contributed by atoms with Gasteiger partial charge in [0, 0.05) is 24.2 Å². The van der Waals surface area contributed by atoms with Crippen molar-refractivity contribution in [2.24, 2.45) is 0 Å². The molecule has 1 saturated heterocycles. The fraction of sp³-hybridized carbons (Fsp3) is 0.562. The first-order valence-electron chi connectivity index (χ1n) is 7.15.